The number of esters is 1. The van der Waals surface area contributed by atoms with E-state index in [0.29, 0.717) is 12.1 Å². The highest BCUT2D eigenvalue weighted by Gasteiger charge is 2.18. The Kier molecular flexibility index (Phi) is 4.93. The van der Waals surface area contributed by atoms with Crippen molar-refractivity contribution in [3.05, 3.63) is 23.0 Å². The highest BCUT2D eigenvalue weighted by molar-refractivity contribution is 6.32. The van der Waals surface area contributed by atoms with Gasteiger partial charge >= 0.3 is 5.97 Å². The van der Waals surface area contributed by atoms with E-state index in [0.717, 1.165) is 0 Å². The van der Waals surface area contributed by atoms with Gasteiger partial charge in [0.15, 0.2) is 0 Å². The normalized spacial score (nSPS) is 11.3. The monoisotopic (exact) mass is 272 g/mol. The van der Waals surface area contributed by atoms with Crippen LogP contribution in [0.4, 0.5) is 5.69 Å². The number of aromatic nitrogens is 1. The molecule has 0 unspecified atom stereocenters. The van der Waals surface area contributed by atoms with Crippen molar-refractivity contribution in [2.75, 3.05) is 19.5 Å². The lowest BCUT2D eigenvalue weighted by molar-refractivity contribution is -0.00563. The van der Waals surface area contributed by atoms with E-state index in [4.69, 9.17) is 26.8 Å². The van der Waals surface area contributed by atoms with Crippen LogP contribution in [0.2, 0.25) is 5.15 Å². The van der Waals surface area contributed by atoms with Crippen LogP contribution in [-0.2, 0) is 9.47 Å². The molecule has 0 aromatic carbocycles. The molecule has 0 aliphatic rings. The number of anilines is 1. The van der Waals surface area contributed by atoms with E-state index in [1.165, 1.54) is 12.3 Å². The Bertz CT molecular complexity index is 435. The Morgan fingerprint density at radius 2 is 2.22 bits per heavy atom. The second kappa shape index (κ2) is 6.02. The Labute approximate surface area is 111 Å². The van der Waals surface area contributed by atoms with Crippen LogP contribution in [0.3, 0.4) is 0 Å². The molecule has 1 rings (SSSR count). The summed E-state index contributed by atoms with van der Waals surface area (Å²) in [5.74, 6) is -0.535. The molecule has 0 spiro atoms. The van der Waals surface area contributed by atoms with Gasteiger partial charge in [-0.2, -0.15) is 0 Å². The molecule has 0 saturated heterocycles. The second-order valence-corrected chi connectivity index (χ2v) is 4.81. The van der Waals surface area contributed by atoms with Gasteiger partial charge in [-0.25, -0.2) is 9.78 Å². The summed E-state index contributed by atoms with van der Waals surface area (Å²) < 4.78 is 10.3. The molecule has 1 aromatic heterocycles. The first kappa shape index (κ1) is 14.7. The third kappa shape index (κ3) is 4.16. The SMILES string of the molecule is COC(C)(C)CCOC(=O)c1cc(N)cnc1Cl. The summed E-state index contributed by atoms with van der Waals surface area (Å²) in [5, 5.41) is 0.0835. The standard InChI is InChI=1S/C12H17ClN2O3/c1-12(2,17-3)4-5-18-11(16)9-6-8(14)7-15-10(9)13/h6-7H,4-5,14H2,1-3H3. The fourth-order valence-corrected chi connectivity index (χ4v) is 1.36. The number of ether oxygens (including phenoxy) is 2. The number of carbonyl (C=O) groups excluding carboxylic acids is 1. The fraction of sp³-hybridized carbons (Fsp3) is 0.500. The third-order valence-electron chi connectivity index (χ3n) is 2.57. The van der Waals surface area contributed by atoms with Crippen LogP contribution >= 0.6 is 11.6 Å². The van der Waals surface area contributed by atoms with Gasteiger partial charge < -0.3 is 15.2 Å². The van der Waals surface area contributed by atoms with Crippen molar-refractivity contribution < 1.29 is 14.3 Å². The third-order valence-corrected chi connectivity index (χ3v) is 2.87. The van der Waals surface area contributed by atoms with Gasteiger partial charge in [-0.3, -0.25) is 0 Å². The van der Waals surface area contributed by atoms with E-state index >= 15 is 0 Å². The summed E-state index contributed by atoms with van der Waals surface area (Å²) in [6.45, 7) is 4.07. The molecule has 5 nitrogen and oxygen atoms in total. The Morgan fingerprint density at radius 1 is 1.56 bits per heavy atom. The molecule has 0 saturated carbocycles. The number of carbonyl (C=O) groups is 1. The Hall–Kier alpha value is -1.33. The minimum atomic E-state index is -0.535. The van der Waals surface area contributed by atoms with E-state index in [1.807, 2.05) is 13.8 Å². The van der Waals surface area contributed by atoms with Crippen LogP contribution in [0.5, 0.6) is 0 Å². The van der Waals surface area contributed by atoms with Crippen molar-refractivity contribution in [3.8, 4) is 0 Å². The number of halogens is 1. The van der Waals surface area contributed by atoms with Crippen LogP contribution in [0.15, 0.2) is 12.3 Å². The summed E-state index contributed by atoms with van der Waals surface area (Å²) in [5.41, 5.74) is 5.74. The summed E-state index contributed by atoms with van der Waals surface area (Å²) >= 11 is 5.80. The molecular formula is C12H17ClN2O3. The predicted molar refractivity (Wildman–Crippen MR) is 69.6 cm³/mol. The Morgan fingerprint density at radius 3 is 2.83 bits per heavy atom. The zero-order valence-electron chi connectivity index (χ0n) is 10.7. The second-order valence-electron chi connectivity index (χ2n) is 4.46. The summed E-state index contributed by atoms with van der Waals surface area (Å²) in [6, 6.07) is 1.44. The fourth-order valence-electron chi connectivity index (χ4n) is 1.18. The van der Waals surface area contributed by atoms with Crippen molar-refractivity contribution >= 4 is 23.3 Å². The van der Waals surface area contributed by atoms with E-state index in [1.54, 1.807) is 7.11 Å². The highest BCUT2D eigenvalue weighted by atomic mass is 35.5. The molecule has 0 atom stereocenters. The molecule has 2 N–H and O–H groups in total. The van der Waals surface area contributed by atoms with Crippen LogP contribution < -0.4 is 5.73 Å². The zero-order valence-corrected chi connectivity index (χ0v) is 11.5. The number of rotatable bonds is 5. The minimum Gasteiger partial charge on any atom is -0.462 e. The first-order valence-electron chi connectivity index (χ1n) is 5.49. The first-order chi connectivity index (χ1) is 8.35. The topological polar surface area (TPSA) is 74.4 Å². The lowest BCUT2D eigenvalue weighted by Crippen LogP contribution is -2.25. The molecule has 0 bridgehead atoms. The van der Waals surface area contributed by atoms with Gasteiger partial charge in [-0.1, -0.05) is 11.6 Å². The minimum absolute atomic E-state index is 0.0835. The largest absolute Gasteiger partial charge is 0.462 e. The maximum atomic E-state index is 11.7. The maximum absolute atomic E-state index is 11.7. The zero-order chi connectivity index (χ0) is 13.8. The number of hydrogen-bond donors (Lipinski definition) is 1. The molecule has 0 amide bonds. The van der Waals surface area contributed by atoms with Crippen molar-refractivity contribution in [2.45, 2.75) is 25.9 Å². The lowest BCUT2D eigenvalue weighted by Gasteiger charge is -2.22. The van der Waals surface area contributed by atoms with Crippen molar-refractivity contribution in [2.24, 2.45) is 0 Å². The van der Waals surface area contributed by atoms with Gasteiger partial charge in [0.1, 0.15) is 5.15 Å². The molecule has 18 heavy (non-hydrogen) atoms. The number of nitrogens with two attached hydrogens (primary N) is 1. The van der Waals surface area contributed by atoms with Crippen LogP contribution in [0.1, 0.15) is 30.6 Å². The molecule has 0 aliphatic carbocycles. The van der Waals surface area contributed by atoms with Gasteiger partial charge in [-0.05, 0) is 19.9 Å². The molecule has 6 heteroatoms. The summed E-state index contributed by atoms with van der Waals surface area (Å²) in [7, 11) is 1.61. The van der Waals surface area contributed by atoms with E-state index < -0.39 is 5.97 Å². The number of pyridine rings is 1. The van der Waals surface area contributed by atoms with Crippen molar-refractivity contribution in [1.29, 1.82) is 0 Å². The van der Waals surface area contributed by atoms with Gasteiger partial charge in [-0.15, -0.1) is 0 Å². The predicted octanol–water partition coefficient (Wildman–Crippen LogP) is 2.29. The van der Waals surface area contributed by atoms with E-state index in [-0.39, 0.29) is 22.9 Å². The van der Waals surface area contributed by atoms with Crippen LogP contribution in [0.25, 0.3) is 0 Å². The number of hydrogen-bond acceptors (Lipinski definition) is 5. The first-order valence-corrected chi connectivity index (χ1v) is 5.87. The molecule has 100 valence electrons. The summed E-state index contributed by atoms with van der Waals surface area (Å²) in [6.07, 6.45) is 1.97. The number of nitrogen functional groups attached to an aromatic ring is 1. The van der Waals surface area contributed by atoms with Crippen LogP contribution in [-0.4, -0.2) is 30.3 Å². The van der Waals surface area contributed by atoms with Crippen LogP contribution in [0, 0.1) is 0 Å². The molecule has 0 aliphatic heterocycles. The Balaban J connectivity index is 2.58. The highest BCUT2D eigenvalue weighted by Crippen LogP contribution is 2.18. The average molecular weight is 273 g/mol. The van der Waals surface area contributed by atoms with Crippen molar-refractivity contribution in [1.82, 2.24) is 4.98 Å². The molecule has 0 radical (unpaired) electrons. The number of nitrogens with zero attached hydrogens (tertiary/aromatic N) is 1. The molecule has 1 heterocycles. The molecule has 0 fully saturated rings. The van der Waals surface area contributed by atoms with Gasteiger partial charge in [0, 0.05) is 13.5 Å². The van der Waals surface area contributed by atoms with Gasteiger partial charge in [0.25, 0.3) is 0 Å². The van der Waals surface area contributed by atoms with E-state index in [2.05, 4.69) is 4.98 Å². The smallest absolute Gasteiger partial charge is 0.341 e. The summed E-state index contributed by atoms with van der Waals surface area (Å²) in [4.78, 5) is 15.5. The molecule has 1 aromatic rings. The number of methoxy groups -OCH3 is 1. The van der Waals surface area contributed by atoms with E-state index in [9.17, 15) is 4.79 Å². The molecular weight excluding hydrogens is 256 g/mol. The van der Waals surface area contributed by atoms with Gasteiger partial charge in [0.05, 0.1) is 29.7 Å². The van der Waals surface area contributed by atoms with Gasteiger partial charge in [0.2, 0.25) is 0 Å². The quantitative estimate of drug-likeness (QED) is 0.657. The maximum Gasteiger partial charge on any atom is 0.341 e. The van der Waals surface area contributed by atoms with Crippen molar-refractivity contribution in [3.63, 3.8) is 0 Å². The average Bonchev–Trinajstić information content (AvgIpc) is 2.32. The lowest BCUT2D eigenvalue weighted by atomic mass is 10.1.